The fraction of sp³-hybridized carbons (Fsp3) is 0.333. The van der Waals surface area contributed by atoms with Crippen molar-refractivity contribution in [2.75, 3.05) is 0 Å². The summed E-state index contributed by atoms with van der Waals surface area (Å²) >= 11 is 1.60. The van der Waals surface area contributed by atoms with Gasteiger partial charge in [0.25, 0.3) is 0 Å². The molecule has 3 nitrogen and oxygen atoms in total. The van der Waals surface area contributed by atoms with Gasteiger partial charge in [-0.1, -0.05) is 0 Å². The molecule has 2 aromatic heterocycles. The van der Waals surface area contributed by atoms with Crippen LogP contribution < -0.4 is 0 Å². The van der Waals surface area contributed by atoms with E-state index in [2.05, 4.69) is 21.7 Å². The number of aromatic nitrogens is 2. The van der Waals surface area contributed by atoms with E-state index < -0.39 is 0 Å². The van der Waals surface area contributed by atoms with E-state index in [1.807, 2.05) is 18.6 Å². The molecule has 1 aliphatic heterocycles. The van der Waals surface area contributed by atoms with Gasteiger partial charge < -0.3 is 4.57 Å². The van der Waals surface area contributed by atoms with Crippen molar-refractivity contribution < 1.29 is 0 Å². The predicted octanol–water partition coefficient (Wildman–Crippen LogP) is 2.74. The zero-order valence-electron chi connectivity index (χ0n) is 8.76. The zero-order chi connectivity index (χ0) is 11.0. The summed E-state index contributed by atoms with van der Waals surface area (Å²) in [6.45, 7) is 0. The summed E-state index contributed by atoms with van der Waals surface area (Å²) in [5.74, 6) is 0. The minimum absolute atomic E-state index is 0.387. The molecule has 1 aliphatic rings. The molecule has 80 valence electrons. The maximum absolute atomic E-state index is 8.85. The SMILES string of the molecule is N#Cc1ccc(C2CCCc3cncn32)s1. The van der Waals surface area contributed by atoms with Crippen molar-refractivity contribution in [3.63, 3.8) is 0 Å². The Balaban J connectivity index is 2.01. The number of nitriles is 1. The molecule has 0 N–H and O–H groups in total. The van der Waals surface area contributed by atoms with Crippen LogP contribution in [0, 0.1) is 11.3 Å². The Morgan fingerprint density at radius 2 is 2.44 bits per heavy atom. The van der Waals surface area contributed by atoms with E-state index in [9.17, 15) is 0 Å². The van der Waals surface area contributed by atoms with Crippen molar-refractivity contribution in [2.24, 2.45) is 0 Å². The minimum Gasteiger partial charge on any atom is -0.326 e. The van der Waals surface area contributed by atoms with Crippen LogP contribution in [0.15, 0.2) is 24.7 Å². The van der Waals surface area contributed by atoms with Gasteiger partial charge in [0.05, 0.1) is 12.4 Å². The molecular weight excluding hydrogens is 218 g/mol. The summed E-state index contributed by atoms with van der Waals surface area (Å²) in [6.07, 6.45) is 7.33. The van der Waals surface area contributed by atoms with Gasteiger partial charge >= 0.3 is 0 Å². The van der Waals surface area contributed by atoms with Crippen molar-refractivity contribution >= 4 is 11.3 Å². The summed E-state index contributed by atoms with van der Waals surface area (Å²) in [5, 5.41) is 8.85. The third kappa shape index (κ3) is 1.44. The second kappa shape index (κ2) is 3.76. The number of hydrogen-bond donors (Lipinski definition) is 0. The first-order chi connectivity index (χ1) is 7.88. The van der Waals surface area contributed by atoms with Crippen LogP contribution in [0.5, 0.6) is 0 Å². The zero-order valence-corrected chi connectivity index (χ0v) is 9.57. The fourth-order valence-corrected chi connectivity index (χ4v) is 3.23. The summed E-state index contributed by atoms with van der Waals surface area (Å²) in [6, 6.07) is 6.57. The summed E-state index contributed by atoms with van der Waals surface area (Å²) in [5.41, 5.74) is 1.31. The third-order valence-electron chi connectivity index (χ3n) is 3.06. The molecule has 0 fully saturated rings. The molecular formula is C12H11N3S. The molecule has 0 saturated carbocycles. The van der Waals surface area contributed by atoms with Gasteiger partial charge in [-0.15, -0.1) is 11.3 Å². The number of nitrogens with zero attached hydrogens (tertiary/aromatic N) is 3. The Morgan fingerprint density at radius 3 is 3.25 bits per heavy atom. The van der Waals surface area contributed by atoms with Gasteiger partial charge in [-0.3, -0.25) is 0 Å². The van der Waals surface area contributed by atoms with Crippen LogP contribution in [0.2, 0.25) is 0 Å². The molecule has 0 radical (unpaired) electrons. The lowest BCUT2D eigenvalue weighted by atomic mass is 10.0. The van der Waals surface area contributed by atoms with E-state index in [0.29, 0.717) is 6.04 Å². The molecule has 1 unspecified atom stereocenters. The smallest absolute Gasteiger partial charge is 0.110 e. The minimum atomic E-state index is 0.387. The highest BCUT2D eigenvalue weighted by atomic mass is 32.1. The normalized spacial score (nSPS) is 19.1. The van der Waals surface area contributed by atoms with E-state index in [1.54, 1.807) is 11.3 Å². The van der Waals surface area contributed by atoms with E-state index in [1.165, 1.54) is 17.0 Å². The van der Waals surface area contributed by atoms with Crippen molar-refractivity contribution in [3.05, 3.63) is 40.1 Å². The maximum Gasteiger partial charge on any atom is 0.110 e. The average molecular weight is 229 g/mol. The van der Waals surface area contributed by atoms with E-state index >= 15 is 0 Å². The van der Waals surface area contributed by atoms with E-state index in [-0.39, 0.29) is 0 Å². The number of rotatable bonds is 1. The van der Waals surface area contributed by atoms with Crippen molar-refractivity contribution in [2.45, 2.75) is 25.3 Å². The quantitative estimate of drug-likeness (QED) is 0.754. The van der Waals surface area contributed by atoms with E-state index in [4.69, 9.17) is 5.26 Å². The molecule has 1 atom stereocenters. The Hall–Kier alpha value is -1.60. The standard InChI is InChI=1S/C12H11N3S/c13-6-10-4-5-12(16-10)11-3-1-2-9-7-14-8-15(9)11/h4-5,7-8,11H,1-3H2. The van der Waals surface area contributed by atoms with Gasteiger partial charge in [-0.25, -0.2) is 4.98 Å². The van der Waals surface area contributed by atoms with Crippen LogP contribution in [-0.4, -0.2) is 9.55 Å². The molecule has 2 aromatic rings. The van der Waals surface area contributed by atoms with Gasteiger partial charge in [0.15, 0.2) is 0 Å². The highest BCUT2D eigenvalue weighted by molar-refractivity contribution is 7.12. The predicted molar refractivity (Wildman–Crippen MR) is 62.3 cm³/mol. The number of aryl methyl sites for hydroxylation is 1. The third-order valence-corrected chi connectivity index (χ3v) is 4.15. The highest BCUT2D eigenvalue weighted by Gasteiger charge is 2.22. The molecule has 4 heteroatoms. The Labute approximate surface area is 98.0 Å². The number of imidazole rings is 1. The summed E-state index contributed by atoms with van der Waals surface area (Å²) in [4.78, 5) is 6.28. The van der Waals surface area contributed by atoms with Crippen LogP contribution >= 0.6 is 11.3 Å². The molecule has 0 saturated heterocycles. The number of hydrogen-bond acceptors (Lipinski definition) is 3. The van der Waals surface area contributed by atoms with Gasteiger partial charge in [-0.05, 0) is 31.4 Å². The lowest BCUT2D eigenvalue weighted by molar-refractivity contribution is 0.463. The van der Waals surface area contributed by atoms with Crippen LogP contribution in [0.1, 0.15) is 34.3 Å². The Bertz CT molecular complexity index is 547. The van der Waals surface area contributed by atoms with Crippen molar-refractivity contribution in [1.82, 2.24) is 9.55 Å². The molecule has 3 heterocycles. The molecule has 0 aromatic carbocycles. The van der Waals surface area contributed by atoms with Crippen LogP contribution in [0.4, 0.5) is 0 Å². The summed E-state index contributed by atoms with van der Waals surface area (Å²) in [7, 11) is 0. The monoisotopic (exact) mass is 229 g/mol. The molecule has 3 rings (SSSR count). The van der Waals surface area contributed by atoms with Gasteiger partial charge in [0.2, 0.25) is 0 Å². The average Bonchev–Trinajstić information content (AvgIpc) is 2.97. The maximum atomic E-state index is 8.85. The second-order valence-electron chi connectivity index (χ2n) is 4.01. The first-order valence-corrected chi connectivity index (χ1v) is 6.20. The number of fused-ring (bicyclic) bond motifs is 1. The lowest BCUT2D eigenvalue weighted by Crippen LogP contribution is -2.16. The van der Waals surface area contributed by atoms with Gasteiger partial charge in [0.1, 0.15) is 10.9 Å². The molecule has 16 heavy (non-hydrogen) atoms. The summed E-state index contributed by atoms with van der Waals surface area (Å²) < 4.78 is 2.25. The molecule has 0 spiro atoms. The molecule has 0 aliphatic carbocycles. The van der Waals surface area contributed by atoms with Crippen molar-refractivity contribution in [3.8, 4) is 6.07 Å². The van der Waals surface area contributed by atoms with Gasteiger partial charge in [-0.2, -0.15) is 5.26 Å². The highest BCUT2D eigenvalue weighted by Crippen LogP contribution is 2.34. The first-order valence-electron chi connectivity index (χ1n) is 5.39. The number of thiophene rings is 1. The second-order valence-corrected chi connectivity index (χ2v) is 5.13. The van der Waals surface area contributed by atoms with E-state index in [0.717, 1.165) is 17.7 Å². The van der Waals surface area contributed by atoms with Crippen LogP contribution in [0.3, 0.4) is 0 Å². The largest absolute Gasteiger partial charge is 0.326 e. The lowest BCUT2D eigenvalue weighted by Gasteiger charge is -2.24. The fourth-order valence-electron chi connectivity index (χ4n) is 2.29. The topological polar surface area (TPSA) is 41.6 Å². The first kappa shape index (κ1) is 9.61. The Kier molecular flexibility index (Phi) is 2.26. The van der Waals surface area contributed by atoms with Gasteiger partial charge in [0, 0.05) is 16.8 Å². The van der Waals surface area contributed by atoms with Crippen LogP contribution in [0.25, 0.3) is 0 Å². The Morgan fingerprint density at radius 1 is 1.50 bits per heavy atom. The van der Waals surface area contributed by atoms with Crippen molar-refractivity contribution in [1.29, 1.82) is 5.26 Å². The molecule has 0 bridgehead atoms. The molecule has 0 amide bonds. The van der Waals surface area contributed by atoms with Crippen LogP contribution in [-0.2, 0) is 6.42 Å².